The summed E-state index contributed by atoms with van der Waals surface area (Å²) in [4.78, 5) is 13.7. The molecule has 1 saturated heterocycles. The fourth-order valence-corrected chi connectivity index (χ4v) is 5.06. The van der Waals surface area contributed by atoms with Gasteiger partial charge in [0.1, 0.15) is 5.75 Å². The van der Waals surface area contributed by atoms with Crippen LogP contribution in [0.5, 0.6) is 5.75 Å². The first-order valence-electron chi connectivity index (χ1n) is 10.2. The topological polar surface area (TPSA) is 78.3 Å². The van der Waals surface area contributed by atoms with E-state index in [9.17, 15) is 15.3 Å². The number of ether oxygens (including phenoxy) is 1. The quantitative estimate of drug-likeness (QED) is 0.858. The summed E-state index contributed by atoms with van der Waals surface area (Å²) < 4.78 is 5.74. The van der Waals surface area contributed by atoms with Crippen molar-refractivity contribution in [3.63, 3.8) is 0 Å². The fraction of sp³-hybridized carbons (Fsp3) is 0.320. The number of Topliss-reactive ketones (excluding diaryl/α,β-unsaturated/α-hetero) is 1. The lowest BCUT2D eigenvalue weighted by molar-refractivity contribution is -0.885. The molecule has 0 bridgehead atoms. The zero-order valence-corrected chi connectivity index (χ0v) is 17.3. The molecule has 4 rings (SSSR count). The van der Waals surface area contributed by atoms with E-state index < -0.39 is 23.4 Å². The van der Waals surface area contributed by atoms with Crippen LogP contribution in [0.15, 0.2) is 54.7 Å². The Bertz CT molecular complexity index is 1070. The molecular formula is C25H24N3O2+. The summed E-state index contributed by atoms with van der Waals surface area (Å²) >= 11 is 0. The van der Waals surface area contributed by atoms with Crippen LogP contribution in [0.3, 0.4) is 0 Å². The Hall–Kier alpha value is -3.41. The molecule has 1 unspecified atom stereocenters. The molecule has 2 heterocycles. The fourth-order valence-electron chi connectivity index (χ4n) is 5.06. The van der Waals surface area contributed by atoms with Gasteiger partial charge in [0.15, 0.2) is 17.9 Å². The minimum atomic E-state index is -1.37. The van der Waals surface area contributed by atoms with Gasteiger partial charge in [0, 0.05) is 12.5 Å². The second-order valence-corrected chi connectivity index (χ2v) is 8.29. The number of hydrogen-bond acceptors (Lipinski definition) is 4. The molecule has 2 aromatic rings. The van der Waals surface area contributed by atoms with Crippen LogP contribution in [0.2, 0.25) is 0 Å². The summed E-state index contributed by atoms with van der Waals surface area (Å²) in [5.41, 5.74) is 1.37. The number of benzene rings is 2. The predicted molar refractivity (Wildman–Crippen MR) is 112 cm³/mol. The molecule has 0 aromatic heterocycles. The maximum atomic E-state index is 12.8. The molecule has 0 spiro atoms. The van der Waals surface area contributed by atoms with Crippen LogP contribution in [0, 0.1) is 28.1 Å². The summed E-state index contributed by atoms with van der Waals surface area (Å²) in [6.07, 6.45) is 3.97. The highest BCUT2D eigenvalue weighted by atomic mass is 16.5. The molecule has 2 aliphatic rings. The van der Waals surface area contributed by atoms with Crippen molar-refractivity contribution in [1.29, 1.82) is 10.5 Å². The summed E-state index contributed by atoms with van der Waals surface area (Å²) in [5, 5.41) is 20.7. The lowest BCUT2D eigenvalue weighted by atomic mass is 9.68. The molecule has 30 heavy (non-hydrogen) atoms. The lowest BCUT2D eigenvalue weighted by Crippen LogP contribution is -3.11. The normalized spacial score (nSPS) is 25.7. The number of rotatable bonds is 4. The highest BCUT2D eigenvalue weighted by Gasteiger charge is 2.67. The van der Waals surface area contributed by atoms with E-state index in [4.69, 9.17) is 4.74 Å². The summed E-state index contributed by atoms with van der Waals surface area (Å²) in [5.74, 6) is 0.147. The Labute approximate surface area is 176 Å². The van der Waals surface area contributed by atoms with E-state index >= 15 is 0 Å². The van der Waals surface area contributed by atoms with Crippen molar-refractivity contribution in [3.8, 4) is 17.9 Å². The van der Waals surface area contributed by atoms with Crippen molar-refractivity contribution in [2.45, 2.75) is 44.9 Å². The van der Waals surface area contributed by atoms with Crippen LogP contribution in [0.4, 0.5) is 0 Å². The highest BCUT2D eigenvalue weighted by molar-refractivity contribution is 5.82. The minimum absolute atomic E-state index is 0.0288. The second kappa shape index (κ2) is 7.44. The molecule has 0 saturated carbocycles. The molecule has 2 aliphatic heterocycles. The van der Waals surface area contributed by atoms with E-state index in [2.05, 4.69) is 12.1 Å². The third-order valence-electron chi connectivity index (χ3n) is 6.15. The Morgan fingerprint density at radius 2 is 1.77 bits per heavy atom. The van der Waals surface area contributed by atoms with E-state index in [0.29, 0.717) is 0 Å². The zero-order valence-electron chi connectivity index (χ0n) is 17.3. The van der Waals surface area contributed by atoms with Gasteiger partial charge in [0.2, 0.25) is 5.41 Å². The van der Waals surface area contributed by atoms with Gasteiger partial charge in [-0.2, -0.15) is 10.5 Å². The SMILES string of the molecule is CC(=O)[C@H]1[C@H](c2ccc(OC(C)C)cc2)C(C#N)(C#N)[C@@H]2c3ccccc3C=C[NH+]21. The van der Waals surface area contributed by atoms with E-state index in [1.807, 2.05) is 74.7 Å². The number of nitrogens with one attached hydrogen (secondary N) is 1. The van der Waals surface area contributed by atoms with Gasteiger partial charge in [-0.1, -0.05) is 36.4 Å². The average Bonchev–Trinajstić information content (AvgIpc) is 3.05. The number of hydrogen-bond donors (Lipinski definition) is 1. The standard InChI is InChI=1S/C25H23N3O2/c1-16(2)30-20-10-8-19(9-11-20)22-23(17(3)29)28-13-12-18-6-4-5-7-21(18)24(28)25(22,14-26)15-27/h4-13,16,22-24H,1-3H3/p+1/t22-,23-,24-/m0/s1. The summed E-state index contributed by atoms with van der Waals surface area (Å²) in [6.45, 7) is 5.47. The monoisotopic (exact) mass is 398 g/mol. The van der Waals surface area contributed by atoms with Gasteiger partial charge in [-0.15, -0.1) is 0 Å². The molecule has 2 aromatic carbocycles. The van der Waals surface area contributed by atoms with Gasteiger partial charge in [0.25, 0.3) is 0 Å². The smallest absolute Gasteiger partial charge is 0.212 e. The van der Waals surface area contributed by atoms with Crippen molar-refractivity contribution < 1.29 is 14.4 Å². The predicted octanol–water partition coefficient (Wildman–Crippen LogP) is 3.17. The van der Waals surface area contributed by atoms with Gasteiger partial charge in [-0.3, -0.25) is 9.69 Å². The van der Waals surface area contributed by atoms with Gasteiger partial charge in [0.05, 0.1) is 30.4 Å². The molecule has 5 nitrogen and oxygen atoms in total. The number of nitriles is 2. The van der Waals surface area contributed by atoms with Crippen LogP contribution < -0.4 is 9.64 Å². The Morgan fingerprint density at radius 1 is 1.10 bits per heavy atom. The first kappa shape index (κ1) is 19.9. The number of carbonyl (C=O) groups excluding carboxylic acids is 1. The summed E-state index contributed by atoms with van der Waals surface area (Å²) in [6, 6.07) is 19.0. The van der Waals surface area contributed by atoms with Gasteiger partial charge >= 0.3 is 0 Å². The number of fused-ring (bicyclic) bond motifs is 3. The van der Waals surface area contributed by atoms with E-state index in [1.54, 1.807) is 6.92 Å². The van der Waals surface area contributed by atoms with Crippen molar-refractivity contribution in [1.82, 2.24) is 0 Å². The first-order chi connectivity index (χ1) is 14.4. The number of quaternary nitrogens is 1. The number of ketones is 1. The van der Waals surface area contributed by atoms with Gasteiger partial charge < -0.3 is 4.74 Å². The molecule has 4 atom stereocenters. The maximum absolute atomic E-state index is 12.8. The molecule has 0 radical (unpaired) electrons. The number of nitrogens with zero attached hydrogens (tertiary/aromatic N) is 2. The van der Waals surface area contributed by atoms with Crippen molar-refractivity contribution in [2.24, 2.45) is 5.41 Å². The average molecular weight is 398 g/mol. The minimum Gasteiger partial charge on any atom is -0.491 e. The largest absolute Gasteiger partial charge is 0.491 e. The zero-order chi connectivity index (χ0) is 21.5. The van der Waals surface area contributed by atoms with Crippen LogP contribution in [-0.2, 0) is 4.79 Å². The van der Waals surface area contributed by atoms with Gasteiger partial charge in [-0.05, 0) is 43.2 Å². The third kappa shape index (κ3) is 2.91. The van der Waals surface area contributed by atoms with Crippen LogP contribution >= 0.6 is 0 Å². The van der Waals surface area contributed by atoms with Crippen LogP contribution in [-0.4, -0.2) is 17.9 Å². The lowest BCUT2D eigenvalue weighted by Gasteiger charge is -2.29. The van der Waals surface area contributed by atoms with Crippen LogP contribution in [0.1, 0.15) is 49.4 Å². The summed E-state index contributed by atoms with van der Waals surface area (Å²) in [7, 11) is 0. The molecular weight excluding hydrogens is 374 g/mol. The Morgan fingerprint density at radius 3 is 2.37 bits per heavy atom. The molecule has 0 amide bonds. The molecule has 150 valence electrons. The Kier molecular flexibility index (Phi) is 4.94. The van der Waals surface area contributed by atoms with Crippen LogP contribution in [0.25, 0.3) is 6.08 Å². The maximum Gasteiger partial charge on any atom is 0.212 e. The number of carbonyl (C=O) groups is 1. The van der Waals surface area contributed by atoms with Crippen molar-refractivity contribution in [2.75, 3.05) is 0 Å². The molecule has 1 N–H and O–H groups in total. The van der Waals surface area contributed by atoms with Crippen molar-refractivity contribution in [3.05, 3.63) is 71.4 Å². The molecule has 0 aliphatic carbocycles. The molecule has 5 heteroatoms. The van der Waals surface area contributed by atoms with E-state index in [0.717, 1.165) is 27.3 Å². The third-order valence-corrected chi connectivity index (χ3v) is 6.15. The van der Waals surface area contributed by atoms with Gasteiger partial charge in [-0.25, -0.2) is 0 Å². The highest BCUT2D eigenvalue weighted by Crippen LogP contribution is 2.51. The first-order valence-corrected chi connectivity index (χ1v) is 10.2. The van der Waals surface area contributed by atoms with E-state index in [-0.39, 0.29) is 11.9 Å². The van der Waals surface area contributed by atoms with E-state index in [1.165, 1.54) is 0 Å². The van der Waals surface area contributed by atoms with Crippen molar-refractivity contribution >= 4 is 11.9 Å². The Balaban J connectivity index is 1.89. The second-order valence-electron chi connectivity index (χ2n) is 8.29. The molecule has 1 fully saturated rings.